The number of carbonyl (C=O) groups excluding carboxylic acids is 1. The predicted octanol–water partition coefficient (Wildman–Crippen LogP) is 2.56. The summed E-state index contributed by atoms with van der Waals surface area (Å²) >= 11 is 0. The first-order chi connectivity index (χ1) is 9.29. The van der Waals surface area contributed by atoms with Crippen LogP contribution in [-0.4, -0.2) is 13.0 Å². The molecule has 0 bridgehead atoms. The van der Waals surface area contributed by atoms with Crippen molar-refractivity contribution in [1.82, 2.24) is 5.48 Å². The molecule has 19 heavy (non-hydrogen) atoms. The highest BCUT2D eigenvalue weighted by atomic mass is 16.6. The molecule has 0 aliphatic heterocycles. The van der Waals surface area contributed by atoms with E-state index in [1.807, 2.05) is 30.3 Å². The highest BCUT2D eigenvalue weighted by Gasteiger charge is 2.04. The van der Waals surface area contributed by atoms with Gasteiger partial charge in [-0.2, -0.15) is 0 Å². The quantitative estimate of drug-likeness (QED) is 0.837. The molecule has 2 rings (SSSR count). The second-order valence-electron chi connectivity index (χ2n) is 3.93. The molecule has 0 fully saturated rings. The van der Waals surface area contributed by atoms with Crippen LogP contribution in [0, 0.1) is 0 Å². The second-order valence-corrected chi connectivity index (χ2v) is 3.93. The van der Waals surface area contributed by atoms with E-state index in [9.17, 15) is 4.79 Å². The van der Waals surface area contributed by atoms with E-state index < -0.39 is 0 Å². The fourth-order valence-corrected chi connectivity index (χ4v) is 1.60. The lowest BCUT2D eigenvalue weighted by Gasteiger charge is -2.07. The van der Waals surface area contributed by atoms with Crippen LogP contribution in [-0.2, 0) is 11.4 Å². The summed E-state index contributed by atoms with van der Waals surface area (Å²) in [4.78, 5) is 16.0. The third-order valence-corrected chi connectivity index (χ3v) is 2.56. The maximum absolute atomic E-state index is 11.5. The number of ether oxygens (including phenoxy) is 1. The summed E-state index contributed by atoms with van der Waals surface area (Å²) in [7, 11) is 1.40. The Balaban J connectivity index is 1.94. The van der Waals surface area contributed by atoms with Crippen LogP contribution in [0.3, 0.4) is 0 Å². The topological polar surface area (TPSA) is 47.6 Å². The van der Waals surface area contributed by atoms with Crippen molar-refractivity contribution < 1.29 is 14.4 Å². The Bertz CT molecular complexity index is 523. The smallest absolute Gasteiger partial charge is 0.274 e. The standard InChI is InChI=1S/C15H15NO3/c1-18-16-15(17)13-7-9-14(10-8-13)19-11-12-5-3-2-4-6-12/h2-10H,11H2,1H3,(H,16,17). The minimum Gasteiger partial charge on any atom is -0.489 e. The second kappa shape index (κ2) is 6.56. The van der Waals surface area contributed by atoms with Gasteiger partial charge in [-0.25, -0.2) is 5.48 Å². The van der Waals surface area contributed by atoms with Crippen LogP contribution >= 0.6 is 0 Å². The molecule has 0 aliphatic rings. The third-order valence-electron chi connectivity index (χ3n) is 2.56. The zero-order valence-electron chi connectivity index (χ0n) is 10.6. The highest BCUT2D eigenvalue weighted by molar-refractivity contribution is 5.93. The maximum atomic E-state index is 11.5. The molecule has 0 saturated heterocycles. The van der Waals surface area contributed by atoms with Crippen molar-refractivity contribution in [3.8, 4) is 5.75 Å². The van der Waals surface area contributed by atoms with Crippen molar-refractivity contribution in [1.29, 1.82) is 0 Å². The van der Waals surface area contributed by atoms with Gasteiger partial charge < -0.3 is 4.74 Å². The summed E-state index contributed by atoms with van der Waals surface area (Å²) < 4.78 is 5.62. The van der Waals surface area contributed by atoms with Gasteiger partial charge in [0.25, 0.3) is 5.91 Å². The number of nitrogens with one attached hydrogen (secondary N) is 1. The minimum absolute atomic E-state index is 0.280. The number of hydrogen-bond acceptors (Lipinski definition) is 3. The molecule has 0 heterocycles. The van der Waals surface area contributed by atoms with Crippen molar-refractivity contribution in [2.75, 3.05) is 7.11 Å². The van der Waals surface area contributed by atoms with Crippen LogP contribution in [0.15, 0.2) is 54.6 Å². The molecule has 98 valence electrons. The molecule has 0 aromatic heterocycles. The fraction of sp³-hybridized carbons (Fsp3) is 0.133. The molecule has 0 saturated carbocycles. The molecular formula is C15H15NO3. The van der Waals surface area contributed by atoms with Gasteiger partial charge in [-0.05, 0) is 29.8 Å². The van der Waals surface area contributed by atoms with Crippen LogP contribution < -0.4 is 10.2 Å². The van der Waals surface area contributed by atoms with Crippen molar-refractivity contribution in [3.63, 3.8) is 0 Å². The van der Waals surface area contributed by atoms with E-state index in [0.717, 1.165) is 11.3 Å². The first kappa shape index (κ1) is 13.1. The summed E-state index contributed by atoms with van der Waals surface area (Å²) in [5, 5.41) is 0. The lowest BCUT2D eigenvalue weighted by molar-refractivity contribution is 0.0537. The number of hydrogen-bond donors (Lipinski definition) is 1. The van der Waals surface area contributed by atoms with E-state index in [1.54, 1.807) is 24.3 Å². The molecule has 0 radical (unpaired) electrons. The Kier molecular flexibility index (Phi) is 4.53. The highest BCUT2D eigenvalue weighted by Crippen LogP contribution is 2.14. The van der Waals surface area contributed by atoms with Gasteiger partial charge in [-0.15, -0.1) is 0 Å². The molecule has 2 aromatic carbocycles. The summed E-state index contributed by atoms with van der Waals surface area (Å²) in [5.74, 6) is 0.440. The van der Waals surface area contributed by atoms with Crippen molar-refractivity contribution in [3.05, 3.63) is 65.7 Å². The van der Waals surface area contributed by atoms with Gasteiger partial charge in [-0.1, -0.05) is 30.3 Å². The molecule has 4 heteroatoms. The summed E-state index contributed by atoms with van der Waals surface area (Å²) in [6.07, 6.45) is 0. The monoisotopic (exact) mass is 257 g/mol. The van der Waals surface area contributed by atoms with E-state index in [4.69, 9.17) is 4.74 Å². The molecule has 4 nitrogen and oxygen atoms in total. The lowest BCUT2D eigenvalue weighted by atomic mass is 10.2. The SMILES string of the molecule is CONC(=O)c1ccc(OCc2ccccc2)cc1. The molecule has 1 N–H and O–H groups in total. The number of amides is 1. The Morgan fingerprint density at radius 3 is 2.37 bits per heavy atom. The Morgan fingerprint density at radius 2 is 1.74 bits per heavy atom. The van der Waals surface area contributed by atoms with Gasteiger partial charge in [0.1, 0.15) is 12.4 Å². The number of hydroxylamine groups is 1. The van der Waals surface area contributed by atoms with E-state index in [1.165, 1.54) is 7.11 Å². The molecular weight excluding hydrogens is 242 g/mol. The van der Waals surface area contributed by atoms with Crippen molar-refractivity contribution in [2.45, 2.75) is 6.61 Å². The molecule has 0 aliphatic carbocycles. The van der Waals surface area contributed by atoms with E-state index >= 15 is 0 Å². The number of rotatable bonds is 5. The minimum atomic E-state index is -0.280. The van der Waals surface area contributed by atoms with Gasteiger partial charge in [0.05, 0.1) is 7.11 Å². The van der Waals surface area contributed by atoms with Gasteiger partial charge in [-0.3, -0.25) is 9.63 Å². The number of benzene rings is 2. The van der Waals surface area contributed by atoms with Gasteiger partial charge in [0.15, 0.2) is 0 Å². The Labute approximate surface area is 111 Å². The molecule has 0 atom stereocenters. The van der Waals surface area contributed by atoms with Crippen LogP contribution in [0.2, 0.25) is 0 Å². The van der Waals surface area contributed by atoms with Gasteiger partial charge >= 0.3 is 0 Å². The average molecular weight is 257 g/mol. The summed E-state index contributed by atoms with van der Waals surface area (Å²) in [5.41, 5.74) is 3.88. The van der Waals surface area contributed by atoms with Crippen LogP contribution in [0.4, 0.5) is 0 Å². The van der Waals surface area contributed by atoms with Crippen LogP contribution in [0.5, 0.6) is 5.75 Å². The maximum Gasteiger partial charge on any atom is 0.274 e. The molecule has 1 amide bonds. The molecule has 0 unspecified atom stereocenters. The van der Waals surface area contributed by atoms with Crippen molar-refractivity contribution in [2.24, 2.45) is 0 Å². The average Bonchev–Trinajstić information content (AvgIpc) is 2.47. The van der Waals surface area contributed by atoms with E-state index in [2.05, 4.69) is 10.3 Å². The lowest BCUT2D eigenvalue weighted by Crippen LogP contribution is -2.21. The van der Waals surface area contributed by atoms with Crippen LogP contribution in [0.1, 0.15) is 15.9 Å². The zero-order chi connectivity index (χ0) is 13.5. The molecule has 0 spiro atoms. The zero-order valence-corrected chi connectivity index (χ0v) is 10.6. The van der Waals surface area contributed by atoms with Crippen LogP contribution in [0.25, 0.3) is 0 Å². The fourth-order valence-electron chi connectivity index (χ4n) is 1.60. The molecule has 2 aromatic rings. The largest absolute Gasteiger partial charge is 0.489 e. The van der Waals surface area contributed by atoms with Gasteiger partial charge in [0.2, 0.25) is 0 Å². The van der Waals surface area contributed by atoms with Gasteiger partial charge in [0, 0.05) is 5.56 Å². The predicted molar refractivity (Wildman–Crippen MR) is 71.7 cm³/mol. The summed E-state index contributed by atoms with van der Waals surface area (Å²) in [6, 6.07) is 16.8. The van der Waals surface area contributed by atoms with E-state index in [-0.39, 0.29) is 5.91 Å². The first-order valence-corrected chi connectivity index (χ1v) is 5.89. The summed E-state index contributed by atoms with van der Waals surface area (Å²) in [6.45, 7) is 0.504. The Hall–Kier alpha value is -2.33. The number of carbonyl (C=O) groups is 1. The van der Waals surface area contributed by atoms with Crippen molar-refractivity contribution >= 4 is 5.91 Å². The van der Waals surface area contributed by atoms with E-state index in [0.29, 0.717) is 12.2 Å². The Morgan fingerprint density at radius 1 is 1.05 bits per heavy atom. The third kappa shape index (κ3) is 3.82. The first-order valence-electron chi connectivity index (χ1n) is 5.89. The normalized spacial score (nSPS) is 9.95.